The lowest BCUT2D eigenvalue weighted by Gasteiger charge is -2.14. The molecule has 0 atom stereocenters. The van der Waals surface area contributed by atoms with Crippen LogP contribution < -0.4 is 4.74 Å². The summed E-state index contributed by atoms with van der Waals surface area (Å²) in [5.41, 5.74) is 0.394. The molecule has 0 unspecified atom stereocenters. The van der Waals surface area contributed by atoms with Crippen molar-refractivity contribution >= 4 is 10.1 Å². The number of unbranched alkanes of at least 4 members (excludes halogenated alkanes) is 3. The van der Waals surface area contributed by atoms with Gasteiger partial charge in [-0.3, -0.25) is 4.55 Å². The van der Waals surface area contributed by atoms with Crippen LogP contribution in [-0.4, -0.2) is 18.1 Å². The van der Waals surface area contributed by atoms with Crippen LogP contribution in [-0.2, 0) is 16.5 Å². The second-order valence-electron chi connectivity index (χ2n) is 5.59. The van der Waals surface area contributed by atoms with Crippen LogP contribution in [0.4, 0.5) is 0 Å². The lowest BCUT2D eigenvalue weighted by atomic mass is 10.0. The minimum absolute atomic E-state index is 0.391. The highest BCUT2D eigenvalue weighted by molar-refractivity contribution is 7.86. The molecule has 2 aromatic carbocycles. The molecule has 2 rings (SSSR count). The molecule has 0 amide bonds. The van der Waals surface area contributed by atoms with Crippen molar-refractivity contribution in [2.45, 2.75) is 43.9 Å². The second-order valence-corrected chi connectivity index (χ2v) is 6.98. The van der Waals surface area contributed by atoms with Crippen LogP contribution in [0.2, 0.25) is 0 Å². The Morgan fingerprint density at radius 2 is 1.71 bits per heavy atom. The Morgan fingerprint density at radius 3 is 2.33 bits per heavy atom. The quantitative estimate of drug-likeness (QED) is 0.539. The fourth-order valence-electron chi connectivity index (χ4n) is 2.49. The molecule has 0 aliphatic rings. The van der Waals surface area contributed by atoms with Crippen molar-refractivity contribution in [1.82, 2.24) is 0 Å². The molecule has 24 heavy (non-hydrogen) atoms. The molecular weight excluding hydrogens is 328 g/mol. The number of rotatable bonds is 8. The second kappa shape index (κ2) is 8.17. The first-order valence-corrected chi connectivity index (χ1v) is 9.42. The molecule has 2 aromatic rings. The first-order valence-electron chi connectivity index (χ1n) is 7.98. The molecule has 5 nitrogen and oxygen atoms in total. The first kappa shape index (κ1) is 18.3. The zero-order valence-electron chi connectivity index (χ0n) is 13.6. The van der Waals surface area contributed by atoms with Gasteiger partial charge in [0.1, 0.15) is 22.1 Å². The Labute approximate surface area is 142 Å². The molecule has 0 radical (unpaired) electrons. The molecule has 0 saturated heterocycles. The molecular formula is C18H22O5S. The summed E-state index contributed by atoms with van der Waals surface area (Å²) in [5.74, 6) is 0.538. The third kappa shape index (κ3) is 4.72. The number of phenols is 1. The Kier molecular flexibility index (Phi) is 6.23. The standard InChI is InChI=1S/C18H22O5S/c1-2-3-4-8-11-15-16(23-14-9-6-5-7-10-14)12-13-17(18(15)19)24(20,21)22/h5-7,9-10,12-13,19H,2-4,8,11H2,1H3,(H,20,21,22). The molecule has 0 fully saturated rings. The van der Waals surface area contributed by atoms with Crippen molar-refractivity contribution < 1.29 is 22.8 Å². The first-order chi connectivity index (χ1) is 11.4. The van der Waals surface area contributed by atoms with E-state index >= 15 is 0 Å². The average molecular weight is 350 g/mol. The summed E-state index contributed by atoms with van der Waals surface area (Å²) in [7, 11) is -4.49. The van der Waals surface area contributed by atoms with Crippen LogP contribution in [0.15, 0.2) is 47.4 Å². The van der Waals surface area contributed by atoms with Gasteiger partial charge in [-0.15, -0.1) is 0 Å². The van der Waals surface area contributed by atoms with Gasteiger partial charge < -0.3 is 9.84 Å². The topological polar surface area (TPSA) is 83.8 Å². The van der Waals surface area contributed by atoms with Crippen molar-refractivity contribution in [1.29, 1.82) is 0 Å². The molecule has 0 saturated carbocycles. The van der Waals surface area contributed by atoms with E-state index in [1.54, 1.807) is 12.1 Å². The number of para-hydroxylation sites is 1. The Balaban J connectivity index is 2.36. The summed E-state index contributed by atoms with van der Waals surface area (Å²) in [6, 6.07) is 11.7. The lowest BCUT2D eigenvalue weighted by Crippen LogP contribution is -2.02. The summed E-state index contributed by atoms with van der Waals surface area (Å²) >= 11 is 0. The minimum atomic E-state index is -4.49. The molecule has 0 heterocycles. The number of aromatic hydroxyl groups is 1. The molecule has 0 aliphatic heterocycles. The maximum absolute atomic E-state index is 11.4. The lowest BCUT2D eigenvalue weighted by molar-refractivity contribution is 0.422. The van der Waals surface area contributed by atoms with Crippen LogP contribution in [0.5, 0.6) is 17.2 Å². The zero-order chi connectivity index (χ0) is 17.6. The van der Waals surface area contributed by atoms with Gasteiger partial charge >= 0.3 is 0 Å². The summed E-state index contributed by atoms with van der Waals surface area (Å²) < 4.78 is 37.8. The Bertz CT molecular complexity index is 769. The molecule has 0 aliphatic carbocycles. The molecule has 0 bridgehead atoms. The van der Waals surface area contributed by atoms with Crippen molar-refractivity contribution in [3.05, 3.63) is 48.0 Å². The van der Waals surface area contributed by atoms with Gasteiger partial charge in [0.25, 0.3) is 10.1 Å². The van der Waals surface area contributed by atoms with Crippen molar-refractivity contribution in [2.75, 3.05) is 0 Å². The maximum atomic E-state index is 11.4. The fraction of sp³-hybridized carbons (Fsp3) is 0.333. The van der Waals surface area contributed by atoms with E-state index in [1.807, 2.05) is 18.2 Å². The normalized spacial score (nSPS) is 11.4. The van der Waals surface area contributed by atoms with Crippen LogP contribution >= 0.6 is 0 Å². The van der Waals surface area contributed by atoms with E-state index in [2.05, 4.69) is 6.92 Å². The predicted molar refractivity (Wildman–Crippen MR) is 92.3 cm³/mol. The number of hydrogen-bond acceptors (Lipinski definition) is 4. The highest BCUT2D eigenvalue weighted by atomic mass is 32.2. The third-order valence-corrected chi connectivity index (χ3v) is 4.62. The number of phenolic OH excluding ortho intramolecular Hbond substituents is 1. The summed E-state index contributed by atoms with van der Waals surface area (Å²) in [5, 5.41) is 10.3. The SMILES string of the molecule is CCCCCCc1c(Oc2ccccc2)ccc(S(=O)(=O)O)c1O. The smallest absolute Gasteiger partial charge is 0.298 e. The summed E-state index contributed by atoms with van der Waals surface area (Å²) in [4.78, 5) is -0.492. The van der Waals surface area contributed by atoms with Gasteiger partial charge in [-0.25, -0.2) is 0 Å². The van der Waals surface area contributed by atoms with E-state index in [4.69, 9.17) is 4.74 Å². The van der Waals surface area contributed by atoms with Crippen LogP contribution in [0.25, 0.3) is 0 Å². The van der Waals surface area contributed by atoms with E-state index < -0.39 is 20.8 Å². The largest absolute Gasteiger partial charge is 0.506 e. The van der Waals surface area contributed by atoms with E-state index in [0.29, 0.717) is 23.5 Å². The van der Waals surface area contributed by atoms with Crippen molar-refractivity contribution in [2.24, 2.45) is 0 Å². The minimum Gasteiger partial charge on any atom is -0.506 e. The predicted octanol–water partition coefficient (Wildman–Crippen LogP) is 4.55. The van der Waals surface area contributed by atoms with Gasteiger partial charge in [0.2, 0.25) is 0 Å². The van der Waals surface area contributed by atoms with E-state index in [1.165, 1.54) is 6.07 Å². The highest BCUT2D eigenvalue weighted by Gasteiger charge is 2.21. The molecule has 0 aromatic heterocycles. The van der Waals surface area contributed by atoms with Gasteiger partial charge in [0, 0.05) is 5.56 Å². The van der Waals surface area contributed by atoms with Gasteiger partial charge in [-0.1, -0.05) is 44.4 Å². The van der Waals surface area contributed by atoms with E-state index in [-0.39, 0.29) is 0 Å². The monoisotopic (exact) mass is 350 g/mol. The summed E-state index contributed by atoms with van der Waals surface area (Å²) in [6.45, 7) is 2.10. The van der Waals surface area contributed by atoms with Gasteiger partial charge in [0.05, 0.1) is 0 Å². The van der Waals surface area contributed by atoms with Gasteiger partial charge in [0.15, 0.2) is 0 Å². The molecule has 6 heteroatoms. The van der Waals surface area contributed by atoms with Crippen LogP contribution in [0.1, 0.15) is 38.2 Å². The Hall–Kier alpha value is -2.05. The van der Waals surface area contributed by atoms with Gasteiger partial charge in [-0.05, 0) is 37.1 Å². The van der Waals surface area contributed by atoms with E-state index in [0.717, 1.165) is 31.7 Å². The van der Waals surface area contributed by atoms with Crippen LogP contribution in [0, 0.1) is 0 Å². The maximum Gasteiger partial charge on any atom is 0.298 e. The number of benzene rings is 2. The zero-order valence-corrected chi connectivity index (χ0v) is 14.4. The van der Waals surface area contributed by atoms with Crippen molar-refractivity contribution in [3.8, 4) is 17.2 Å². The molecule has 0 spiro atoms. The number of hydrogen-bond donors (Lipinski definition) is 2. The van der Waals surface area contributed by atoms with Gasteiger partial charge in [-0.2, -0.15) is 8.42 Å². The third-order valence-electron chi connectivity index (χ3n) is 3.73. The molecule has 130 valence electrons. The average Bonchev–Trinajstić information content (AvgIpc) is 2.53. The van der Waals surface area contributed by atoms with E-state index in [9.17, 15) is 18.1 Å². The highest BCUT2D eigenvalue weighted by Crippen LogP contribution is 2.37. The Morgan fingerprint density at radius 1 is 1.00 bits per heavy atom. The van der Waals surface area contributed by atoms with Crippen molar-refractivity contribution in [3.63, 3.8) is 0 Å². The van der Waals surface area contributed by atoms with Crippen LogP contribution in [0.3, 0.4) is 0 Å². The number of ether oxygens (including phenoxy) is 1. The molecule has 2 N–H and O–H groups in total. The summed E-state index contributed by atoms with van der Waals surface area (Å²) in [6.07, 6.45) is 4.37. The fourth-order valence-corrected chi connectivity index (χ4v) is 3.09.